The van der Waals surface area contributed by atoms with E-state index in [4.69, 9.17) is 5.11 Å². The summed E-state index contributed by atoms with van der Waals surface area (Å²) in [4.78, 5) is 0. The van der Waals surface area contributed by atoms with Crippen LogP contribution in [0, 0.1) is 13.8 Å². The highest BCUT2D eigenvalue weighted by atomic mass is 16.3. The summed E-state index contributed by atoms with van der Waals surface area (Å²) in [6.07, 6.45) is 0. The maximum absolute atomic E-state index is 9.74. The number of aryl methyl sites for hydroxylation is 2. The largest absolute Gasteiger partial charge is 0.507 e. The molecule has 0 atom stereocenters. The quantitative estimate of drug-likeness (QED) is 0.784. The van der Waals surface area contributed by atoms with Crippen LogP contribution in [-0.4, -0.2) is 10.2 Å². The number of nitrogens with one attached hydrogen (secondary N) is 1. The maximum atomic E-state index is 9.74. The average Bonchev–Trinajstić information content (AvgIpc) is 2.45. The van der Waals surface area contributed by atoms with E-state index < -0.39 is 0 Å². The second kappa shape index (κ2) is 6.55. The zero-order valence-electron chi connectivity index (χ0n) is 12.0. The Kier molecular flexibility index (Phi) is 4.77. The van der Waals surface area contributed by atoms with Gasteiger partial charge in [0.05, 0.1) is 6.61 Å². The molecule has 0 aliphatic carbocycles. The SMILES string of the molecule is Cc1cc(CNCc2ccc(CO)cc2)cc(C)c1O. The molecular formula is C17H21NO2. The van der Waals surface area contributed by atoms with Crippen LogP contribution in [0.3, 0.4) is 0 Å². The van der Waals surface area contributed by atoms with Crippen molar-refractivity contribution in [2.24, 2.45) is 0 Å². The van der Waals surface area contributed by atoms with Crippen LogP contribution in [0.1, 0.15) is 27.8 Å². The highest BCUT2D eigenvalue weighted by molar-refractivity contribution is 5.42. The molecule has 0 aromatic heterocycles. The van der Waals surface area contributed by atoms with Crippen molar-refractivity contribution >= 4 is 0 Å². The Morgan fingerprint density at radius 3 is 1.90 bits per heavy atom. The van der Waals surface area contributed by atoms with Crippen molar-refractivity contribution in [1.29, 1.82) is 0 Å². The highest BCUT2D eigenvalue weighted by Gasteiger charge is 2.03. The topological polar surface area (TPSA) is 52.5 Å². The summed E-state index contributed by atoms with van der Waals surface area (Å²) < 4.78 is 0. The molecule has 0 saturated heterocycles. The molecule has 0 unspecified atom stereocenters. The van der Waals surface area contributed by atoms with Crippen molar-refractivity contribution in [3.8, 4) is 5.75 Å². The van der Waals surface area contributed by atoms with Gasteiger partial charge in [-0.2, -0.15) is 0 Å². The Hall–Kier alpha value is -1.84. The van der Waals surface area contributed by atoms with Gasteiger partial charge in [0.15, 0.2) is 0 Å². The summed E-state index contributed by atoms with van der Waals surface area (Å²) >= 11 is 0. The fourth-order valence-corrected chi connectivity index (χ4v) is 2.26. The minimum Gasteiger partial charge on any atom is -0.507 e. The number of hydrogen-bond acceptors (Lipinski definition) is 3. The van der Waals surface area contributed by atoms with E-state index in [1.807, 2.05) is 50.2 Å². The third-order valence-electron chi connectivity index (χ3n) is 3.41. The van der Waals surface area contributed by atoms with Gasteiger partial charge in [-0.25, -0.2) is 0 Å². The molecule has 0 heterocycles. The molecular weight excluding hydrogens is 250 g/mol. The molecule has 0 aliphatic heterocycles. The molecule has 3 heteroatoms. The summed E-state index contributed by atoms with van der Waals surface area (Å²) in [7, 11) is 0. The first kappa shape index (κ1) is 14.6. The van der Waals surface area contributed by atoms with E-state index in [1.165, 1.54) is 11.1 Å². The standard InChI is InChI=1S/C17H21NO2/c1-12-7-16(8-13(2)17(12)20)10-18-9-14-3-5-15(11-19)6-4-14/h3-8,18-20H,9-11H2,1-2H3. The molecule has 3 N–H and O–H groups in total. The molecule has 2 aromatic rings. The Bertz CT molecular complexity index is 553. The van der Waals surface area contributed by atoms with E-state index in [9.17, 15) is 5.11 Å². The Balaban J connectivity index is 1.92. The van der Waals surface area contributed by atoms with Crippen LogP contribution in [0.25, 0.3) is 0 Å². The molecule has 3 nitrogen and oxygen atoms in total. The van der Waals surface area contributed by atoms with Gasteiger partial charge in [-0.3, -0.25) is 0 Å². The van der Waals surface area contributed by atoms with Crippen molar-refractivity contribution in [3.05, 3.63) is 64.2 Å². The molecule has 0 amide bonds. The number of hydrogen-bond donors (Lipinski definition) is 3. The monoisotopic (exact) mass is 271 g/mol. The lowest BCUT2D eigenvalue weighted by Gasteiger charge is -2.09. The molecule has 2 aromatic carbocycles. The summed E-state index contributed by atoms with van der Waals surface area (Å²) in [6.45, 7) is 5.47. The smallest absolute Gasteiger partial charge is 0.121 e. The Morgan fingerprint density at radius 2 is 1.35 bits per heavy atom. The van der Waals surface area contributed by atoms with Crippen molar-refractivity contribution in [2.45, 2.75) is 33.5 Å². The van der Waals surface area contributed by atoms with Crippen molar-refractivity contribution in [2.75, 3.05) is 0 Å². The van der Waals surface area contributed by atoms with Crippen molar-refractivity contribution in [1.82, 2.24) is 5.32 Å². The average molecular weight is 271 g/mol. The first-order valence-electron chi connectivity index (χ1n) is 6.78. The number of aliphatic hydroxyl groups excluding tert-OH is 1. The summed E-state index contributed by atoms with van der Waals surface area (Å²) in [5, 5.41) is 22.1. The highest BCUT2D eigenvalue weighted by Crippen LogP contribution is 2.22. The van der Waals surface area contributed by atoms with Crippen LogP contribution in [0.4, 0.5) is 0 Å². The number of rotatable bonds is 5. The maximum Gasteiger partial charge on any atom is 0.121 e. The zero-order chi connectivity index (χ0) is 14.5. The van der Waals surface area contributed by atoms with E-state index in [0.717, 1.165) is 29.8 Å². The number of aliphatic hydroxyl groups is 1. The second-order valence-corrected chi connectivity index (χ2v) is 5.16. The van der Waals surface area contributed by atoms with Gasteiger partial charge in [-0.1, -0.05) is 36.4 Å². The minimum absolute atomic E-state index is 0.0831. The zero-order valence-corrected chi connectivity index (χ0v) is 12.0. The van der Waals surface area contributed by atoms with Gasteiger partial charge in [0.25, 0.3) is 0 Å². The van der Waals surface area contributed by atoms with Crippen LogP contribution >= 0.6 is 0 Å². The van der Waals surface area contributed by atoms with Crippen molar-refractivity contribution < 1.29 is 10.2 Å². The Morgan fingerprint density at radius 1 is 0.850 bits per heavy atom. The van der Waals surface area contributed by atoms with Gasteiger partial charge in [-0.05, 0) is 41.7 Å². The predicted octanol–water partition coefficient (Wildman–Crippen LogP) is 2.79. The van der Waals surface area contributed by atoms with Gasteiger partial charge in [0.2, 0.25) is 0 Å². The summed E-state index contributed by atoms with van der Waals surface area (Å²) in [5.74, 6) is 0.383. The summed E-state index contributed by atoms with van der Waals surface area (Å²) in [6, 6.07) is 11.9. The predicted molar refractivity (Wildman–Crippen MR) is 80.5 cm³/mol. The second-order valence-electron chi connectivity index (χ2n) is 5.16. The first-order chi connectivity index (χ1) is 9.60. The van der Waals surface area contributed by atoms with E-state index >= 15 is 0 Å². The molecule has 20 heavy (non-hydrogen) atoms. The lowest BCUT2D eigenvalue weighted by Crippen LogP contribution is -2.13. The van der Waals surface area contributed by atoms with Crippen LogP contribution < -0.4 is 5.32 Å². The van der Waals surface area contributed by atoms with Crippen LogP contribution in [0.15, 0.2) is 36.4 Å². The van der Waals surface area contributed by atoms with Crippen LogP contribution in [0.5, 0.6) is 5.75 Å². The molecule has 0 radical (unpaired) electrons. The number of aromatic hydroxyl groups is 1. The van der Waals surface area contributed by atoms with E-state index in [2.05, 4.69) is 5.32 Å². The fraction of sp³-hybridized carbons (Fsp3) is 0.294. The third-order valence-corrected chi connectivity index (χ3v) is 3.41. The van der Waals surface area contributed by atoms with Crippen LogP contribution in [0.2, 0.25) is 0 Å². The van der Waals surface area contributed by atoms with Gasteiger partial charge >= 0.3 is 0 Å². The van der Waals surface area contributed by atoms with Gasteiger partial charge in [0, 0.05) is 13.1 Å². The third kappa shape index (κ3) is 3.59. The lowest BCUT2D eigenvalue weighted by molar-refractivity contribution is 0.282. The molecule has 106 valence electrons. The molecule has 0 bridgehead atoms. The number of phenols is 1. The van der Waals surface area contributed by atoms with Gasteiger partial charge in [-0.15, -0.1) is 0 Å². The number of phenolic OH excluding ortho intramolecular Hbond substituents is 1. The molecule has 0 aliphatic rings. The van der Waals surface area contributed by atoms with E-state index in [1.54, 1.807) is 0 Å². The van der Waals surface area contributed by atoms with Gasteiger partial charge < -0.3 is 15.5 Å². The van der Waals surface area contributed by atoms with Crippen LogP contribution in [-0.2, 0) is 19.7 Å². The normalized spacial score (nSPS) is 10.8. The molecule has 0 fully saturated rings. The molecule has 2 rings (SSSR count). The lowest BCUT2D eigenvalue weighted by atomic mass is 10.1. The van der Waals surface area contributed by atoms with E-state index in [0.29, 0.717) is 5.75 Å². The first-order valence-corrected chi connectivity index (χ1v) is 6.78. The summed E-state index contributed by atoms with van der Waals surface area (Å²) in [5.41, 5.74) is 5.11. The molecule has 0 saturated carbocycles. The molecule has 0 spiro atoms. The van der Waals surface area contributed by atoms with E-state index in [-0.39, 0.29) is 6.61 Å². The number of benzene rings is 2. The Labute approximate surface area is 119 Å². The van der Waals surface area contributed by atoms with Crippen molar-refractivity contribution in [3.63, 3.8) is 0 Å². The fourth-order valence-electron chi connectivity index (χ4n) is 2.26. The van der Waals surface area contributed by atoms with Gasteiger partial charge in [0.1, 0.15) is 5.75 Å². The minimum atomic E-state index is 0.0831.